The normalized spacial score (nSPS) is 29.4. The second-order valence-corrected chi connectivity index (χ2v) is 16.1. The third-order valence-electron chi connectivity index (χ3n) is 12.3. The number of aryl methyl sites for hydroxylation is 1. The summed E-state index contributed by atoms with van der Waals surface area (Å²) in [5.41, 5.74) is 4.36. The number of phenolic OH excluding ortho intramolecular Hbond substituents is 2. The molecule has 3 aromatic rings. The molecular formula is C39H43N3O11S. The van der Waals surface area contributed by atoms with Crippen LogP contribution in [0.3, 0.4) is 0 Å². The Labute approximate surface area is 316 Å². The van der Waals surface area contributed by atoms with Crippen molar-refractivity contribution in [3.8, 4) is 40.2 Å². The van der Waals surface area contributed by atoms with Gasteiger partial charge < -0.3 is 43.7 Å². The van der Waals surface area contributed by atoms with Crippen LogP contribution in [-0.4, -0.2) is 102 Å². The minimum atomic E-state index is -1.36. The number of methoxy groups -OCH3 is 2. The van der Waals surface area contributed by atoms with Gasteiger partial charge in [0.25, 0.3) is 0 Å². The predicted octanol–water partition coefficient (Wildman–Crippen LogP) is 3.41. The number of aliphatic hydroxyl groups is 1. The van der Waals surface area contributed by atoms with Crippen molar-refractivity contribution in [2.75, 3.05) is 47.0 Å². The van der Waals surface area contributed by atoms with Crippen LogP contribution in [0.25, 0.3) is 0 Å². The molecule has 2 fully saturated rings. The maximum atomic E-state index is 14.7. The zero-order valence-electron chi connectivity index (χ0n) is 30.8. The summed E-state index contributed by atoms with van der Waals surface area (Å²) in [7, 11) is 4.96. The van der Waals surface area contributed by atoms with Crippen molar-refractivity contribution in [3.05, 3.63) is 62.7 Å². The third-order valence-corrected chi connectivity index (χ3v) is 13.7. The molecule has 54 heavy (non-hydrogen) atoms. The summed E-state index contributed by atoms with van der Waals surface area (Å²) in [6, 6.07) is 3.13. The lowest BCUT2D eigenvalue weighted by Gasteiger charge is -2.62. The smallest absolute Gasteiger partial charge is 0.331 e. The number of aromatic hydroxyl groups is 2. The van der Waals surface area contributed by atoms with Gasteiger partial charge >= 0.3 is 11.9 Å². The maximum Gasteiger partial charge on any atom is 0.331 e. The van der Waals surface area contributed by atoms with Gasteiger partial charge in [-0.05, 0) is 68.1 Å². The summed E-state index contributed by atoms with van der Waals surface area (Å²) in [4.78, 5) is 31.7. The van der Waals surface area contributed by atoms with Crippen LogP contribution in [0.15, 0.2) is 18.2 Å². The summed E-state index contributed by atoms with van der Waals surface area (Å²) >= 11 is 1.47. The lowest BCUT2D eigenvalue weighted by molar-refractivity contribution is -0.186. The lowest BCUT2D eigenvalue weighted by atomic mass is 9.73. The van der Waals surface area contributed by atoms with Crippen LogP contribution < -0.4 is 29.0 Å². The summed E-state index contributed by atoms with van der Waals surface area (Å²) in [6.45, 7) is 5.26. The van der Waals surface area contributed by atoms with Crippen molar-refractivity contribution < 1.29 is 53.3 Å². The molecule has 0 radical (unpaired) electrons. The van der Waals surface area contributed by atoms with E-state index in [1.807, 2.05) is 31.9 Å². The Morgan fingerprint density at radius 2 is 1.80 bits per heavy atom. The number of nitrogens with zero attached hydrogens (tertiary/aromatic N) is 2. The zero-order chi connectivity index (χ0) is 38.0. The third kappa shape index (κ3) is 4.74. The van der Waals surface area contributed by atoms with E-state index in [0.29, 0.717) is 70.2 Å². The van der Waals surface area contributed by atoms with Crippen LogP contribution in [0.1, 0.15) is 68.8 Å². The highest BCUT2D eigenvalue weighted by Gasteiger charge is 2.61. The van der Waals surface area contributed by atoms with Crippen molar-refractivity contribution in [1.29, 1.82) is 0 Å². The number of thioether (sulfide) groups is 1. The highest BCUT2D eigenvalue weighted by molar-refractivity contribution is 7.99. The Hall–Kier alpha value is -4.41. The molecule has 0 aromatic heterocycles. The minimum absolute atomic E-state index is 0.0226. The van der Waals surface area contributed by atoms with E-state index in [1.165, 1.54) is 32.9 Å². The summed E-state index contributed by atoms with van der Waals surface area (Å²) in [5, 5.41) is 38.2. The second-order valence-electron chi connectivity index (χ2n) is 14.9. The number of benzene rings is 3. The van der Waals surface area contributed by atoms with Crippen LogP contribution >= 0.6 is 11.8 Å². The number of esters is 2. The monoisotopic (exact) mass is 761 g/mol. The van der Waals surface area contributed by atoms with Gasteiger partial charge in [-0.1, -0.05) is 6.07 Å². The first-order valence-corrected chi connectivity index (χ1v) is 19.1. The Morgan fingerprint density at radius 1 is 1.02 bits per heavy atom. The number of rotatable bonds is 3. The first-order chi connectivity index (χ1) is 25.9. The molecule has 3 aromatic carbocycles. The van der Waals surface area contributed by atoms with Crippen molar-refractivity contribution >= 4 is 23.7 Å². The molecule has 7 atom stereocenters. The van der Waals surface area contributed by atoms with Gasteiger partial charge in [0.15, 0.2) is 40.0 Å². The number of phenols is 2. The molecule has 4 bridgehead atoms. The topological polar surface area (TPSA) is 169 Å². The molecule has 0 aliphatic carbocycles. The summed E-state index contributed by atoms with van der Waals surface area (Å²) < 4.78 is 35.9. The second kappa shape index (κ2) is 12.6. The number of hydrogen-bond acceptors (Lipinski definition) is 15. The van der Waals surface area contributed by atoms with Gasteiger partial charge in [-0.25, -0.2) is 4.79 Å². The first kappa shape index (κ1) is 35.3. The van der Waals surface area contributed by atoms with E-state index in [9.17, 15) is 24.9 Å². The quantitative estimate of drug-likeness (QED) is 0.226. The molecule has 7 aliphatic heterocycles. The molecule has 2 saturated heterocycles. The molecule has 0 amide bonds. The summed E-state index contributed by atoms with van der Waals surface area (Å²) in [6.07, 6.45) is -0.0282. The Bertz CT molecular complexity index is 2130. The number of ether oxygens (including phenoxy) is 6. The Morgan fingerprint density at radius 3 is 2.54 bits per heavy atom. The fourth-order valence-electron chi connectivity index (χ4n) is 10.00. The van der Waals surface area contributed by atoms with Gasteiger partial charge in [0.2, 0.25) is 6.79 Å². The van der Waals surface area contributed by atoms with E-state index in [2.05, 4.69) is 10.2 Å². The van der Waals surface area contributed by atoms with Crippen LogP contribution in [0.5, 0.6) is 40.2 Å². The SMILES string of the molecule is COc1cc2c(cc1O)CCNC21CS[C@H]2c3c(OC(C)=O)c(C)c4c(c3[C@H](COC1=O)N1[C@@H]2C2c3c(cc(C)c(OC)c3O)CC([C@@H]1O)N2C)OCO4. The molecular weight excluding hydrogens is 719 g/mol. The maximum absolute atomic E-state index is 14.7. The molecule has 14 nitrogen and oxygen atoms in total. The lowest BCUT2D eigenvalue weighted by Crippen LogP contribution is -2.70. The van der Waals surface area contributed by atoms with E-state index >= 15 is 0 Å². The van der Waals surface area contributed by atoms with Gasteiger partial charge in [0.05, 0.1) is 37.6 Å². The van der Waals surface area contributed by atoms with Crippen LogP contribution in [0.4, 0.5) is 0 Å². The zero-order valence-corrected chi connectivity index (χ0v) is 31.7. The molecule has 15 heteroatoms. The largest absolute Gasteiger partial charge is 0.504 e. The van der Waals surface area contributed by atoms with Crippen molar-refractivity contribution in [2.45, 2.75) is 74.8 Å². The van der Waals surface area contributed by atoms with Crippen molar-refractivity contribution in [2.24, 2.45) is 0 Å². The van der Waals surface area contributed by atoms with Crippen molar-refractivity contribution in [3.63, 3.8) is 0 Å². The molecule has 10 rings (SSSR count). The van der Waals surface area contributed by atoms with Gasteiger partial charge in [0.1, 0.15) is 18.6 Å². The van der Waals surface area contributed by atoms with Gasteiger partial charge in [-0.3, -0.25) is 19.9 Å². The number of fused-ring (bicyclic) bond motifs is 9. The molecule has 7 aliphatic rings. The molecule has 0 saturated carbocycles. The number of likely N-dealkylation sites (N-methyl/N-ethyl adjacent to an activating group) is 1. The molecule has 3 unspecified atom stereocenters. The molecule has 1 spiro atoms. The van der Waals surface area contributed by atoms with Gasteiger partial charge in [-0.2, -0.15) is 0 Å². The van der Waals surface area contributed by atoms with E-state index in [1.54, 1.807) is 12.1 Å². The Kier molecular flexibility index (Phi) is 8.21. The van der Waals surface area contributed by atoms with Gasteiger partial charge in [-0.15, -0.1) is 11.8 Å². The van der Waals surface area contributed by atoms with E-state index in [4.69, 9.17) is 28.4 Å². The number of piperazine rings is 1. The van der Waals surface area contributed by atoms with Crippen LogP contribution in [0, 0.1) is 13.8 Å². The highest BCUT2D eigenvalue weighted by Crippen LogP contribution is 2.64. The highest BCUT2D eigenvalue weighted by atomic mass is 32.2. The first-order valence-electron chi connectivity index (χ1n) is 18.1. The van der Waals surface area contributed by atoms with E-state index in [-0.39, 0.29) is 42.4 Å². The van der Waals surface area contributed by atoms with Gasteiger partial charge in [0, 0.05) is 47.5 Å². The standard InChI is InChI=1S/C39H43N3O11S/c1-16-9-20-10-22-37(46)42-23-13-50-38(47)39(21-12-25(48-5)24(44)11-19(21)7-8-40-39)14-54-36(30(42)29(41(22)4)26(20)31(45)32(16)49-6)28-27(23)35-34(51-15-52-35)17(2)33(28)53-18(3)43/h9,11-12,22-23,29-30,36-37,40,44-46H,7-8,10,13-15H2,1-6H3/t22?,23-,29?,30+,36-,37-,39?/m0/s1. The van der Waals surface area contributed by atoms with Crippen molar-refractivity contribution in [1.82, 2.24) is 15.1 Å². The minimum Gasteiger partial charge on any atom is -0.504 e. The fraction of sp³-hybridized carbons (Fsp3) is 0.487. The Balaban J connectivity index is 1.32. The predicted molar refractivity (Wildman–Crippen MR) is 195 cm³/mol. The summed E-state index contributed by atoms with van der Waals surface area (Å²) in [5.74, 6) is 0.949. The molecule has 7 heterocycles. The number of nitrogens with one attached hydrogen (secondary N) is 1. The average molecular weight is 762 g/mol. The fourth-order valence-corrected chi connectivity index (χ4v) is 11.7. The average Bonchev–Trinajstić information content (AvgIpc) is 3.63. The number of carbonyl (C=O) groups is 2. The van der Waals surface area contributed by atoms with E-state index < -0.39 is 47.1 Å². The molecule has 4 N–H and O–H groups in total. The van der Waals surface area contributed by atoms with Crippen LogP contribution in [0.2, 0.25) is 0 Å². The number of hydrogen-bond donors (Lipinski definition) is 4. The van der Waals surface area contributed by atoms with E-state index in [0.717, 1.165) is 16.7 Å². The number of aliphatic hydroxyl groups excluding tert-OH is 1. The number of carbonyl (C=O) groups excluding carboxylic acids is 2. The molecule has 286 valence electrons. The van der Waals surface area contributed by atoms with Crippen LogP contribution in [-0.2, 0) is 32.7 Å².